The van der Waals surface area contributed by atoms with Crippen LogP contribution in [0.15, 0.2) is 24.3 Å². The zero-order valence-corrected chi connectivity index (χ0v) is 12.7. The minimum atomic E-state index is -0.0524. The molecule has 1 atom stereocenters. The molecule has 0 aliphatic heterocycles. The first kappa shape index (κ1) is 15.3. The Morgan fingerprint density at radius 2 is 2.00 bits per heavy atom. The normalized spacial score (nSPS) is 24.1. The van der Waals surface area contributed by atoms with Gasteiger partial charge in [0, 0.05) is 10.9 Å². The molecule has 0 radical (unpaired) electrons. The maximum atomic E-state index is 12.3. The zero-order valence-electron chi connectivity index (χ0n) is 11.9. The first-order chi connectivity index (χ1) is 9.61. The minimum Gasteiger partial charge on any atom is -0.349 e. The van der Waals surface area contributed by atoms with Crippen LogP contribution in [0.5, 0.6) is 0 Å². The summed E-state index contributed by atoms with van der Waals surface area (Å²) in [6.07, 6.45) is 4.02. The van der Waals surface area contributed by atoms with E-state index in [2.05, 4.69) is 5.32 Å². The second kappa shape index (κ2) is 7.09. The van der Waals surface area contributed by atoms with Gasteiger partial charge >= 0.3 is 0 Å². The molecule has 1 aromatic rings. The zero-order chi connectivity index (χ0) is 14.5. The first-order valence-electron chi connectivity index (χ1n) is 7.36. The Kier molecular flexibility index (Phi) is 5.44. The molecule has 0 saturated heterocycles. The van der Waals surface area contributed by atoms with Gasteiger partial charge in [-0.2, -0.15) is 0 Å². The van der Waals surface area contributed by atoms with Crippen molar-refractivity contribution in [2.45, 2.75) is 38.6 Å². The topological polar surface area (TPSA) is 55.1 Å². The molecule has 1 aliphatic carbocycles. The van der Waals surface area contributed by atoms with E-state index in [9.17, 15) is 4.79 Å². The standard InChI is InChI=1S/C16H23ClN2O/c1-11(14-4-2-3-5-15(14)17)19-16(20)13-8-6-12(10-18)7-9-13/h2-5,11-13H,6-10,18H2,1H3,(H,19,20). The molecule has 3 nitrogen and oxygen atoms in total. The summed E-state index contributed by atoms with van der Waals surface area (Å²) in [6.45, 7) is 2.72. The van der Waals surface area contributed by atoms with Crippen LogP contribution in [0.3, 0.4) is 0 Å². The highest BCUT2D eigenvalue weighted by Gasteiger charge is 2.26. The summed E-state index contributed by atoms with van der Waals surface area (Å²) in [7, 11) is 0. The fourth-order valence-electron chi connectivity index (χ4n) is 2.90. The molecule has 110 valence electrons. The van der Waals surface area contributed by atoms with Crippen LogP contribution in [0, 0.1) is 11.8 Å². The molecule has 1 aromatic carbocycles. The fraction of sp³-hybridized carbons (Fsp3) is 0.562. The largest absolute Gasteiger partial charge is 0.349 e. The van der Waals surface area contributed by atoms with Gasteiger partial charge in [-0.3, -0.25) is 4.79 Å². The number of carbonyl (C=O) groups is 1. The number of rotatable bonds is 4. The highest BCUT2D eigenvalue weighted by atomic mass is 35.5. The lowest BCUT2D eigenvalue weighted by Gasteiger charge is -2.28. The summed E-state index contributed by atoms with van der Waals surface area (Å²) in [6, 6.07) is 7.60. The quantitative estimate of drug-likeness (QED) is 0.895. The van der Waals surface area contributed by atoms with Crippen molar-refractivity contribution in [2.24, 2.45) is 17.6 Å². The molecule has 1 unspecified atom stereocenters. The molecule has 1 aliphatic rings. The van der Waals surface area contributed by atoms with Gasteiger partial charge in [-0.25, -0.2) is 0 Å². The van der Waals surface area contributed by atoms with Gasteiger partial charge in [-0.1, -0.05) is 29.8 Å². The van der Waals surface area contributed by atoms with Crippen molar-refractivity contribution in [1.29, 1.82) is 0 Å². The molecule has 0 aromatic heterocycles. The predicted octanol–water partition coefficient (Wildman–Crippen LogP) is 3.28. The van der Waals surface area contributed by atoms with Crippen molar-refractivity contribution in [1.82, 2.24) is 5.32 Å². The van der Waals surface area contributed by atoms with E-state index >= 15 is 0 Å². The number of nitrogens with one attached hydrogen (secondary N) is 1. The number of carbonyl (C=O) groups excluding carboxylic acids is 1. The molecule has 1 amide bonds. The molecule has 0 bridgehead atoms. The van der Waals surface area contributed by atoms with E-state index in [0.29, 0.717) is 10.9 Å². The smallest absolute Gasteiger partial charge is 0.223 e. The molecular weight excluding hydrogens is 272 g/mol. The molecule has 1 saturated carbocycles. The number of hydrogen-bond acceptors (Lipinski definition) is 2. The number of nitrogens with two attached hydrogens (primary N) is 1. The van der Waals surface area contributed by atoms with Crippen LogP contribution in [0.4, 0.5) is 0 Å². The molecule has 0 spiro atoms. The van der Waals surface area contributed by atoms with Crippen LogP contribution in [0.1, 0.15) is 44.2 Å². The van der Waals surface area contributed by atoms with Gasteiger partial charge in [0.25, 0.3) is 0 Å². The van der Waals surface area contributed by atoms with E-state index in [1.807, 2.05) is 31.2 Å². The van der Waals surface area contributed by atoms with Gasteiger partial charge in [0.15, 0.2) is 0 Å². The third-order valence-corrected chi connectivity index (χ3v) is 4.63. The van der Waals surface area contributed by atoms with Crippen LogP contribution in [-0.4, -0.2) is 12.5 Å². The van der Waals surface area contributed by atoms with E-state index in [-0.39, 0.29) is 17.9 Å². The third-order valence-electron chi connectivity index (χ3n) is 4.28. The Labute approximate surface area is 125 Å². The van der Waals surface area contributed by atoms with Crippen LogP contribution < -0.4 is 11.1 Å². The molecule has 3 N–H and O–H groups in total. The average Bonchev–Trinajstić information content (AvgIpc) is 2.47. The van der Waals surface area contributed by atoms with Gasteiger partial charge < -0.3 is 11.1 Å². The van der Waals surface area contributed by atoms with Gasteiger partial charge in [0.05, 0.1) is 6.04 Å². The average molecular weight is 295 g/mol. The van der Waals surface area contributed by atoms with Gasteiger partial charge in [0.2, 0.25) is 5.91 Å². The van der Waals surface area contributed by atoms with Crippen LogP contribution in [0.2, 0.25) is 5.02 Å². The minimum absolute atomic E-state index is 0.0524. The van der Waals surface area contributed by atoms with Gasteiger partial charge in [-0.05, 0) is 56.7 Å². The fourth-order valence-corrected chi connectivity index (χ4v) is 3.19. The Hall–Kier alpha value is -1.06. The Bertz CT molecular complexity index is 456. The molecular formula is C16H23ClN2O. The molecule has 2 rings (SSSR count). The maximum absolute atomic E-state index is 12.3. The van der Waals surface area contributed by atoms with Crippen molar-refractivity contribution in [3.05, 3.63) is 34.9 Å². The van der Waals surface area contributed by atoms with Gasteiger partial charge in [-0.15, -0.1) is 0 Å². The SMILES string of the molecule is CC(NC(=O)C1CCC(CN)CC1)c1ccccc1Cl. The molecule has 4 heteroatoms. The summed E-state index contributed by atoms with van der Waals surface area (Å²) in [5, 5.41) is 3.79. The number of benzene rings is 1. The Balaban J connectivity index is 1.90. The van der Waals surface area contributed by atoms with Crippen molar-refractivity contribution in [3.63, 3.8) is 0 Å². The van der Waals surface area contributed by atoms with Crippen LogP contribution in [0.25, 0.3) is 0 Å². The van der Waals surface area contributed by atoms with E-state index in [0.717, 1.165) is 37.8 Å². The number of amides is 1. The van der Waals surface area contributed by atoms with E-state index < -0.39 is 0 Å². The lowest BCUT2D eigenvalue weighted by Crippen LogP contribution is -2.35. The molecule has 1 fully saturated rings. The molecule has 0 heterocycles. The summed E-state index contributed by atoms with van der Waals surface area (Å²) < 4.78 is 0. The maximum Gasteiger partial charge on any atom is 0.223 e. The van der Waals surface area contributed by atoms with E-state index in [1.165, 1.54) is 0 Å². The Morgan fingerprint density at radius 3 is 2.60 bits per heavy atom. The summed E-state index contributed by atoms with van der Waals surface area (Å²) in [5.41, 5.74) is 6.65. The van der Waals surface area contributed by atoms with Crippen molar-refractivity contribution >= 4 is 17.5 Å². The molecule has 20 heavy (non-hydrogen) atoms. The van der Waals surface area contributed by atoms with Crippen LogP contribution in [-0.2, 0) is 4.79 Å². The highest BCUT2D eigenvalue weighted by molar-refractivity contribution is 6.31. The van der Waals surface area contributed by atoms with Crippen molar-refractivity contribution < 1.29 is 4.79 Å². The monoisotopic (exact) mass is 294 g/mol. The lowest BCUT2D eigenvalue weighted by molar-refractivity contribution is -0.126. The second-order valence-corrected chi connectivity index (χ2v) is 6.11. The first-order valence-corrected chi connectivity index (χ1v) is 7.74. The third kappa shape index (κ3) is 3.74. The summed E-state index contributed by atoms with van der Waals surface area (Å²) >= 11 is 6.16. The predicted molar refractivity (Wildman–Crippen MR) is 82.5 cm³/mol. The van der Waals surface area contributed by atoms with Crippen molar-refractivity contribution in [2.75, 3.05) is 6.54 Å². The number of halogens is 1. The Morgan fingerprint density at radius 1 is 1.35 bits per heavy atom. The van der Waals surface area contributed by atoms with Crippen molar-refractivity contribution in [3.8, 4) is 0 Å². The highest BCUT2D eigenvalue weighted by Crippen LogP contribution is 2.29. The summed E-state index contributed by atoms with van der Waals surface area (Å²) in [5.74, 6) is 0.871. The summed E-state index contributed by atoms with van der Waals surface area (Å²) in [4.78, 5) is 12.3. The second-order valence-electron chi connectivity index (χ2n) is 5.71. The van der Waals surface area contributed by atoms with E-state index in [1.54, 1.807) is 0 Å². The van der Waals surface area contributed by atoms with E-state index in [4.69, 9.17) is 17.3 Å². The van der Waals surface area contributed by atoms with Gasteiger partial charge in [0.1, 0.15) is 0 Å². The lowest BCUT2D eigenvalue weighted by atomic mass is 9.81. The van der Waals surface area contributed by atoms with Crippen LogP contribution >= 0.6 is 11.6 Å². The number of hydrogen-bond donors (Lipinski definition) is 2.